The molecule has 0 heterocycles. The predicted octanol–water partition coefficient (Wildman–Crippen LogP) is 3.03. The molecule has 1 aliphatic rings. The van der Waals surface area contributed by atoms with Crippen LogP contribution in [0, 0.1) is 0 Å². The molecule has 2 atom stereocenters. The zero-order chi connectivity index (χ0) is 12.0. The summed E-state index contributed by atoms with van der Waals surface area (Å²) in [6, 6.07) is 0. The van der Waals surface area contributed by atoms with E-state index >= 15 is 0 Å². The lowest BCUT2D eigenvalue weighted by atomic mass is 10.1. The van der Waals surface area contributed by atoms with Crippen molar-refractivity contribution in [1.29, 1.82) is 0 Å². The Morgan fingerprint density at radius 2 is 2.19 bits per heavy atom. The topological polar surface area (TPSA) is 29.5 Å². The van der Waals surface area contributed by atoms with Crippen LogP contribution in [0.5, 0.6) is 0 Å². The zero-order valence-electron chi connectivity index (χ0n) is 9.46. The van der Waals surface area contributed by atoms with Crippen LogP contribution in [0.2, 0.25) is 0 Å². The fourth-order valence-corrected chi connectivity index (χ4v) is 1.49. The number of halogens is 2. The molecule has 0 saturated carbocycles. The molecule has 1 rings (SSSR count). The Kier molecular flexibility index (Phi) is 4.93. The van der Waals surface area contributed by atoms with E-state index in [1.165, 1.54) is 12.2 Å². The van der Waals surface area contributed by atoms with Gasteiger partial charge in [0.1, 0.15) is 5.76 Å². The molecule has 1 N–H and O–H groups in total. The lowest BCUT2D eigenvalue weighted by molar-refractivity contribution is -0.105. The quantitative estimate of drug-likeness (QED) is 0.713. The first-order valence-electron chi connectivity index (χ1n) is 5.65. The summed E-state index contributed by atoms with van der Waals surface area (Å²) in [6.07, 6.45) is 5.31. The molecular weight excluding hydrogens is 214 g/mol. The summed E-state index contributed by atoms with van der Waals surface area (Å²) < 4.78 is 31.6. The molecule has 2 unspecified atom stereocenters. The molecule has 0 bridgehead atoms. The van der Waals surface area contributed by atoms with Crippen LogP contribution in [0.15, 0.2) is 24.0 Å². The van der Waals surface area contributed by atoms with Gasteiger partial charge >= 0.3 is 0 Å². The van der Waals surface area contributed by atoms with E-state index in [2.05, 4.69) is 6.92 Å². The van der Waals surface area contributed by atoms with Crippen LogP contribution in [0.4, 0.5) is 8.78 Å². The fourth-order valence-electron chi connectivity index (χ4n) is 1.49. The summed E-state index contributed by atoms with van der Waals surface area (Å²) in [7, 11) is 0. The summed E-state index contributed by atoms with van der Waals surface area (Å²) in [4.78, 5) is 0. The average Bonchev–Trinajstić information content (AvgIpc) is 2.24. The number of alkyl halides is 2. The van der Waals surface area contributed by atoms with Crippen molar-refractivity contribution in [3.8, 4) is 0 Å². The van der Waals surface area contributed by atoms with Gasteiger partial charge in [0.15, 0.2) is 0 Å². The third-order valence-corrected chi connectivity index (χ3v) is 2.46. The van der Waals surface area contributed by atoms with E-state index in [0.29, 0.717) is 6.61 Å². The van der Waals surface area contributed by atoms with E-state index in [9.17, 15) is 8.78 Å². The van der Waals surface area contributed by atoms with Gasteiger partial charge in [-0.3, -0.25) is 0 Å². The van der Waals surface area contributed by atoms with E-state index in [4.69, 9.17) is 9.84 Å². The minimum absolute atomic E-state index is 0.135. The molecule has 2 nitrogen and oxygen atoms in total. The normalized spacial score (nSPS) is 29.0. The molecule has 0 radical (unpaired) electrons. The second kappa shape index (κ2) is 5.99. The van der Waals surface area contributed by atoms with Crippen molar-refractivity contribution in [2.45, 2.75) is 44.6 Å². The molecule has 0 aromatic carbocycles. The van der Waals surface area contributed by atoms with Gasteiger partial charge in [-0.05, 0) is 18.6 Å². The highest BCUT2D eigenvalue weighted by Crippen LogP contribution is 2.28. The van der Waals surface area contributed by atoms with E-state index in [1.807, 2.05) is 0 Å². The first-order valence-corrected chi connectivity index (χ1v) is 5.65. The zero-order valence-corrected chi connectivity index (χ0v) is 9.46. The summed E-state index contributed by atoms with van der Waals surface area (Å²) >= 11 is 0. The Bertz CT molecular complexity index is 272. The maximum Gasteiger partial charge on any atom is 0.265 e. The Balaban J connectivity index is 2.32. The van der Waals surface area contributed by atoms with E-state index in [-0.39, 0.29) is 5.76 Å². The fraction of sp³-hybridized carbons (Fsp3) is 0.667. The van der Waals surface area contributed by atoms with E-state index < -0.39 is 12.0 Å². The number of ether oxygens (including phenoxy) is 1. The summed E-state index contributed by atoms with van der Waals surface area (Å²) in [5, 5.41) is 9.00. The third kappa shape index (κ3) is 3.59. The van der Waals surface area contributed by atoms with Crippen molar-refractivity contribution in [3.63, 3.8) is 0 Å². The molecule has 0 spiro atoms. The second-order valence-corrected chi connectivity index (χ2v) is 3.93. The van der Waals surface area contributed by atoms with Crippen LogP contribution >= 0.6 is 0 Å². The summed E-state index contributed by atoms with van der Waals surface area (Å²) in [5.74, 6) is -3.07. The predicted molar refractivity (Wildman–Crippen MR) is 58.3 cm³/mol. The van der Waals surface area contributed by atoms with Crippen molar-refractivity contribution < 1.29 is 18.6 Å². The molecule has 0 aromatic heterocycles. The molecule has 0 fully saturated rings. The first-order chi connectivity index (χ1) is 7.58. The Labute approximate surface area is 94.6 Å². The average molecular weight is 232 g/mol. The Morgan fingerprint density at radius 3 is 2.88 bits per heavy atom. The number of rotatable bonds is 6. The Morgan fingerprint density at radius 1 is 1.44 bits per heavy atom. The molecule has 92 valence electrons. The molecule has 4 heteroatoms. The van der Waals surface area contributed by atoms with Crippen molar-refractivity contribution in [1.82, 2.24) is 0 Å². The maximum atomic E-state index is 13.3. The molecule has 16 heavy (non-hydrogen) atoms. The van der Waals surface area contributed by atoms with Crippen molar-refractivity contribution in [2.75, 3.05) is 6.61 Å². The van der Waals surface area contributed by atoms with Crippen LogP contribution in [0.25, 0.3) is 0 Å². The van der Waals surface area contributed by atoms with E-state index in [0.717, 1.165) is 31.8 Å². The minimum atomic E-state index is -2.94. The number of hydrogen-bond donors (Lipinski definition) is 1. The minimum Gasteiger partial charge on any atom is -0.495 e. The summed E-state index contributed by atoms with van der Waals surface area (Å²) in [6.45, 7) is 2.45. The van der Waals surface area contributed by atoms with Gasteiger partial charge in [0.25, 0.3) is 5.85 Å². The molecule has 0 aliphatic heterocycles. The molecule has 0 amide bonds. The van der Waals surface area contributed by atoms with Gasteiger partial charge in [0.05, 0.1) is 6.61 Å². The van der Waals surface area contributed by atoms with Gasteiger partial charge in [-0.15, -0.1) is 0 Å². The van der Waals surface area contributed by atoms with Crippen LogP contribution in [-0.2, 0) is 4.74 Å². The van der Waals surface area contributed by atoms with Crippen LogP contribution in [0.3, 0.4) is 0 Å². The number of hydrogen-bond acceptors (Lipinski definition) is 2. The lowest BCUT2D eigenvalue weighted by Gasteiger charge is -2.24. The molecular formula is C12H18F2O2. The highest BCUT2D eigenvalue weighted by molar-refractivity contribution is 5.24. The standard InChI is InChI=1S/C12H18F2O2/c1-2-3-4-5-9-16-10-7-6-8-12(14,15)11(10)13/h6-8,11,15H,2-5,9H2,1H3. The van der Waals surface area contributed by atoms with Gasteiger partial charge in [-0.25, -0.2) is 8.78 Å². The molecule has 0 aromatic rings. The number of unbranched alkanes of at least 4 members (excludes halogenated alkanes) is 3. The smallest absolute Gasteiger partial charge is 0.265 e. The maximum absolute atomic E-state index is 13.3. The monoisotopic (exact) mass is 232 g/mol. The van der Waals surface area contributed by atoms with Crippen LogP contribution in [0.1, 0.15) is 32.6 Å². The van der Waals surface area contributed by atoms with Crippen molar-refractivity contribution in [3.05, 3.63) is 24.0 Å². The third-order valence-electron chi connectivity index (χ3n) is 2.46. The summed E-state index contributed by atoms with van der Waals surface area (Å²) in [5.41, 5.74) is 0. The second-order valence-electron chi connectivity index (χ2n) is 3.93. The van der Waals surface area contributed by atoms with Crippen molar-refractivity contribution in [2.24, 2.45) is 0 Å². The number of allylic oxidation sites excluding steroid dienone is 2. The lowest BCUT2D eigenvalue weighted by Crippen LogP contribution is -2.36. The number of aliphatic hydroxyl groups is 1. The van der Waals surface area contributed by atoms with Gasteiger partial charge in [-0.1, -0.05) is 32.3 Å². The largest absolute Gasteiger partial charge is 0.495 e. The van der Waals surface area contributed by atoms with Gasteiger partial charge in [-0.2, -0.15) is 0 Å². The highest BCUT2D eigenvalue weighted by Gasteiger charge is 2.40. The molecule has 0 saturated heterocycles. The Hall–Kier alpha value is -0.900. The highest BCUT2D eigenvalue weighted by atomic mass is 19.2. The van der Waals surface area contributed by atoms with Gasteiger partial charge in [0, 0.05) is 0 Å². The molecule has 1 aliphatic carbocycles. The van der Waals surface area contributed by atoms with Crippen molar-refractivity contribution >= 4 is 0 Å². The van der Waals surface area contributed by atoms with Gasteiger partial charge in [0.2, 0.25) is 6.17 Å². The van der Waals surface area contributed by atoms with Crippen LogP contribution in [-0.4, -0.2) is 23.7 Å². The van der Waals surface area contributed by atoms with Crippen LogP contribution < -0.4 is 0 Å². The first kappa shape index (κ1) is 13.2. The van der Waals surface area contributed by atoms with E-state index in [1.54, 1.807) is 0 Å². The van der Waals surface area contributed by atoms with Gasteiger partial charge < -0.3 is 9.84 Å². The SMILES string of the molecule is CCCCCCOC1=CC=CC(O)(F)C1F.